The van der Waals surface area contributed by atoms with E-state index in [0.717, 1.165) is 25.9 Å². The molecular formula is C23H26BrN3O2. The number of nitrogens with one attached hydrogen (secondary N) is 1. The van der Waals surface area contributed by atoms with Crippen molar-refractivity contribution in [1.29, 1.82) is 0 Å². The van der Waals surface area contributed by atoms with Gasteiger partial charge in [-0.15, -0.1) is 6.42 Å². The van der Waals surface area contributed by atoms with E-state index in [1.165, 1.54) is 5.56 Å². The molecule has 3 N–H and O–H groups in total. The van der Waals surface area contributed by atoms with Crippen LogP contribution in [0.1, 0.15) is 41.7 Å². The first-order valence-electron chi connectivity index (χ1n) is 9.74. The van der Waals surface area contributed by atoms with Crippen LogP contribution in [0.3, 0.4) is 0 Å². The highest BCUT2D eigenvalue weighted by Crippen LogP contribution is 2.30. The average molecular weight is 456 g/mol. The zero-order valence-corrected chi connectivity index (χ0v) is 18.1. The molecule has 2 aromatic rings. The number of nitrogens with two attached hydrogens (primary N) is 1. The minimum absolute atomic E-state index is 0.0805. The number of carbonyl (C=O) groups excluding carboxylic acids is 1. The van der Waals surface area contributed by atoms with Crippen molar-refractivity contribution in [2.24, 2.45) is 0 Å². The van der Waals surface area contributed by atoms with Gasteiger partial charge >= 0.3 is 0 Å². The minimum Gasteiger partial charge on any atom is -0.480 e. The van der Waals surface area contributed by atoms with E-state index in [4.69, 9.17) is 16.9 Å². The Morgan fingerprint density at radius 3 is 2.69 bits per heavy atom. The van der Waals surface area contributed by atoms with E-state index in [1.54, 1.807) is 12.1 Å². The molecule has 1 aliphatic rings. The molecule has 1 amide bonds. The van der Waals surface area contributed by atoms with Gasteiger partial charge in [-0.25, -0.2) is 0 Å². The Bertz CT molecular complexity index is 887. The molecule has 1 saturated heterocycles. The van der Waals surface area contributed by atoms with Crippen molar-refractivity contribution in [2.75, 3.05) is 25.4 Å². The van der Waals surface area contributed by atoms with Gasteiger partial charge in [0, 0.05) is 41.4 Å². The smallest absolute Gasteiger partial charge is 0.255 e. The number of anilines is 1. The Kier molecular flexibility index (Phi) is 7.18. The lowest BCUT2D eigenvalue weighted by molar-refractivity contribution is 0.0892. The molecule has 0 saturated carbocycles. The van der Waals surface area contributed by atoms with Crippen LogP contribution in [0.2, 0.25) is 0 Å². The first-order valence-corrected chi connectivity index (χ1v) is 10.5. The van der Waals surface area contributed by atoms with Crippen molar-refractivity contribution in [3.63, 3.8) is 0 Å². The quantitative estimate of drug-likeness (QED) is 0.510. The molecule has 0 aliphatic carbocycles. The van der Waals surface area contributed by atoms with Gasteiger partial charge in [0.15, 0.2) is 0 Å². The number of terminal acetylenes is 1. The second-order valence-corrected chi connectivity index (χ2v) is 8.09. The number of amides is 1. The largest absolute Gasteiger partial charge is 0.480 e. The van der Waals surface area contributed by atoms with Gasteiger partial charge in [-0.05, 0) is 47.3 Å². The molecule has 5 nitrogen and oxygen atoms in total. The second kappa shape index (κ2) is 9.82. The summed E-state index contributed by atoms with van der Waals surface area (Å²) < 4.78 is 6.18. The summed E-state index contributed by atoms with van der Waals surface area (Å²) in [5.74, 6) is 2.64. The zero-order chi connectivity index (χ0) is 20.8. The summed E-state index contributed by atoms with van der Waals surface area (Å²) in [6.45, 7) is 4.19. The van der Waals surface area contributed by atoms with Gasteiger partial charge in [0.2, 0.25) is 0 Å². The summed E-state index contributed by atoms with van der Waals surface area (Å²) >= 11 is 3.38. The number of piperidine rings is 1. The van der Waals surface area contributed by atoms with Gasteiger partial charge in [-0.3, -0.25) is 9.69 Å². The molecule has 29 heavy (non-hydrogen) atoms. The highest BCUT2D eigenvalue weighted by molar-refractivity contribution is 9.10. The van der Waals surface area contributed by atoms with Crippen LogP contribution in [0.25, 0.3) is 0 Å². The number of ether oxygens (including phenoxy) is 1. The number of carbonyl (C=O) groups is 1. The fourth-order valence-corrected chi connectivity index (χ4v) is 3.97. The zero-order valence-electron chi connectivity index (χ0n) is 16.5. The van der Waals surface area contributed by atoms with Crippen LogP contribution in [0.15, 0.2) is 46.9 Å². The summed E-state index contributed by atoms with van der Waals surface area (Å²) in [5, 5.41) is 3.14. The molecule has 152 valence electrons. The van der Waals surface area contributed by atoms with Gasteiger partial charge in [0.25, 0.3) is 5.91 Å². The molecule has 1 atom stereocenters. The Labute approximate surface area is 180 Å². The molecule has 0 radical (unpaired) electrons. The number of hydrogen-bond donors (Lipinski definition) is 2. The van der Waals surface area contributed by atoms with Crippen molar-refractivity contribution >= 4 is 27.5 Å². The highest BCUT2D eigenvalue weighted by atomic mass is 79.9. The van der Waals surface area contributed by atoms with Gasteiger partial charge in [0.05, 0.1) is 5.56 Å². The number of nitrogen functional groups attached to an aromatic ring is 1. The SMILES string of the molecule is C#CCOc1cc(N)c(Br)cc1C(=O)NC1CCN(C(C)c2ccccc2)CC1. The molecule has 1 heterocycles. The minimum atomic E-state index is -0.174. The third-order valence-corrected chi connectivity index (χ3v) is 6.04. The predicted molar refractivity (Wildman–Crippen MR) is 120 cm³/mol. The molecule has 6 heteroatoms. The second-order valence-electron chi connectivity index (χ2n) is 7.23. The summed E-state index contributed by atoms with van der Waals surface area (Å²) in [6, 6.07) is 14.3. The number of benzene rings is 2. The van der Waals surface area contributed by atoms with Gasteiger partial charge in [-0.2, -0.15) is 0 Å². The van der Waals surface area contributed by atoms with Crippen molar-refractivity contribution in [2.45, 2.75) is 31.8 Å². The molecule has 1 aliphatic heterocycles. The lowest BCUT2D eigenvalue weighted by Crippen LogP contribution is -2.45. The fourth-order valence-electron chi connectivity index (χ4n) is 3.62. The van der Waals surface area contributed by atoms with E-state index in [2.05, 4.69) is 63.3 Å². The third kappa shape index (κ3) is 5.31. The van der Waals surface area contributed by atoms with E-state index in [9.17, 15) is 4.79 Å². The Morgan fingerprint density at radius 1 is 1.34 bits per heavy atom. The van der Waals surface area contributed by atoms with Crippen molar-refractivity contribution in [1.82, 2.24) is 10.2 Å². The Hall–Kier alpha value is -2.49. The summed E-state index contributed by atoms with van der Waals surface area (Å²) in [6.07, 6.45) is 7.08. The molecule has 2 aromatic carbocycles. The van der Waals surface area contributed by atoms with E-state index >= 15 is 0 Å². The number of rotatable bonds is 6. The fraction of sp³-hybridized carbons (Fsp3) is 0.348. The number of hydrogen-bond acceptors (Lipinski definition) is 4. The highest BCUT2D eigenvalue weighted by Gasteiger charge is 2.26. The van der Waals surface area contributed by atoms with Gasteiger partial charge in [-0.1, -0.05) is 36.3 Å². The van der Waals surface area contributed by atoms with E-state index < -0.39 is 0 Å². The first kappa shape index (κ1) is 21.2. The van der Waals surface area contributed by atoms with Crippen LogP contribution in [0.4, 0.5) is 5.69 Å². The number of nitrogens with zero attached hydrogens (tertiary/aromatic N) is 1. The van der Waals surface area contributed by atoms with Crippen LogP contribution in [-0.4, -0.2) is 36.5 Å². The standard InChI is InChI=1S/C23H26BrN3O2/c1-3-13-29-22-15-21(25)20(24)14-19(22)23(28)26-18-9-11-27(12-10-18)16(2)17-7-5-4-6-8-17/h1,4-8,14-16,18H,9-13,25H2,2H3,(H,26,28). The molecule has 1 unspecified atom stereocenters. The summed E-state index contributed by atoms with van der Waals surface area (Å²) in [7, 11) is 0. The summed E-state index contributed by atoms with van der Waals surface area (Å²) in [5.41, 5.74) is 8.17. The van der Waals surface area contributed by atoms with Crippen LogP contribution in [0, 0.1) is 12.3 Å². The Morgan fingerprint density at radius 2 is 2.03 bits per heavy atom. The van der Waals surface area contributed by atoms with E-state index in [-0.39, 0.29) is 18.6 Å². The van der Waals surface area contributed by atoms with Crippen molar-refractivity contribution in [3.8, 4) is 18.1 Å². The van der Waals surface area contributed by atoms with Gasteiger partial charge < -0.3 is 15.8 Å². The van der Waals surface area contributed by atoms with Crippen LogP contribution in [-0.2, 0) is 0 Å². The molecular weight excluding hydrogens is 430 g/mol. The maximum atomic E-state index is 12.9. The topological polar surface area (TPSA) is 67.6 Å². The normalized spacial score (nSPS) is 16.0. The molecule has 3 rings (SSSR count). The van der Waals surface area contributed by atoms with Crippen LogP contribution in [0.5, 0.6) is 5.75 Å². The van der Waals surface area contributed by atoms with Crippen molar-refractivity contribution in [3.05, 3.63) is 58.1 Å². The first-order chi connectivity index (χ1) is 14.0. The summed E-state index contributed by atoms with van der Waals surface area (Å²) in [4.78, 5) is 15.3. The average Bonchev–Trinajstić information content (AvgIpc) is 2.75. The molecule has 0 spiro atoms. The number of halogens is 1. The maximum absolute atomic E-state index is 12.9. The van der Waals surface area contributed by atoms with Crippen LogP contribution >= 0.6 is 15.9 Å². The maximum Gasteiger partial charge on any atom is 0.255 e. The van der Waals surface area contributed by atoms with Crippen LogP contribution < -0.4 is 15.8 Å². The molecule has 0 aromatic heterocycles. The molecule has 1 fully saturated rings. The predicted octanol–water partition coefficient (Wildman–Crippen LogP) is 4.00. The number of likely N-dealkylation sites (tertiary alicyclic amines) is 1. The monoisotopic (exact) mass is 455 g/mol. The Balaban J connectivity index is 1.61. The van der Waals surface area contributed by atoms with E-state index in [0.29, 0.717) is 27.5 Å². The molecule has 0 bridgehead atoms. The van der Waals surface area contributed by atoms with Gasteiger partial charge in [0.1, 0.15) is 12.4 Å². The van der Waals surface area contributed by atoms with E-state index in [1.807, 2.05) is 6.07 Å². The van der Waals surface area contributed by atoms with Crippen molar-refractivity contribution < 1.29 is 9.53 Å². The lowest BCUT2D eigenvalue weighted by Gasteiger charge is -2.36. The third-order valence-electron chi connectivity index (χ3n) is 5.35. The lowest BCUT2D eigenvalue weighted by atomic mass is 10.00.